The molecule has 3 saturated heterocycles. The summed E-state index contributed by atoms with van der Waals surface area (Å²) in [6.07, 6.45) is 0.527. The molecule has 1 unspecified atom stereocenters. The lowest BCUT2D eigenvalue weighted by Crippen LogP contribution is -2.56. The van der Waals surface area contributed by atoms with Gasteiger partial charge >= 0.3 is 0 Å². The lowest BCUT2D eigenvalue weighted by molar-refractivity contribution is -0.109. The fraction of sp³-hybridized carbons (Fsp3) is 0.433. The molecule has 0 spiro atoms. The minimum Gasteiger partial charge on any atom is -0.483 e. The van der Waals surface area contributed by atoms with E-state index in [-0.39, 0.29) is 17.7 Å². The van der Waals surface area contributed by atoms with Crippen LogP contribution >= 0.6 is 0 Å². The number of benzene rings is 2. The van der Waals surface area contributed by atoms with Gasteiger partial charge in [-0.2, -0.15) is 5.26 Å². The molecule has 3 aromatic rings. The van der Waals surface area contributed by atoms with Gasteiger partial charge in [0.1, 0.15) is 11.8 Å². The summed E-state index contributed by atoms with van der Waals surface area (Å²) in [6, 6.07) is 15.6. The fourth-order valence-electron chi connectivity index (χ4n) is 5.46. The van der Waals surface area contributed by atoms with Crippen molar-refractivity contribution in [1.82, 2.24) is 20.2 Å². The topological polar surface area (TPSA) is 98.6 Å². The first kappa shape index (κ1) is 27.3. The van der Waals surface area contributed by atoms with Crippen LogP contribution in [0.1, 0.15) is 17.5 Å². The third kappa shape index (κ3) is 5.95. The molecule has 3 aliphatic heterocycles. The van der Waals surface area contributed by atoms with Gasteiger partial charge in [-0.3, -0.25) is 4.90 Å². The van der Waals surface area contributed by atoms with Gasteiger partial charge in [0.25, 0.3) is 5.92 Å². The van der Waals surface area contributed by atoms with Crippen LogP contribution in [0.5, 0.6) is 5.75 Å². The number of nitrogens with one attached hydrogen (secondary N) is 2. The van der Waals surface area contributed by atoms with Gasteiger partial charge in [-0.1, -0.05) is 0 Å². The second-order valence-corrected chi connectivity index (χ2v) is 10.8. The Balaban J connectivity index is 1.13. The molecule has 11 heteroatoms. The number of anilines is 3. The maximum Gasteiger partial charge on any atom is 0.296 e. The molecule has 1 aromatic heterocycles. The van der Waals surface area contributed by atoms with Gasteiger partial charge in [-0.05, 0) is 61.5 Å². The van der Waals surface area contributed by atoms with Crippen LogP contribution in [0.15, 0.2) is 48.7 Å². The largest absolute Gasteiger partial charge is 0.483 e. The number of nitriles is 1. The fourth-order valence-corrected chi connectivity index (χ4v) is 5.46. The van der Waals surface area contributed by atoms with Gasteiger partial charge in [-0.15, -0.1) is 0 Å². The molecule has 2 aromatic carbocycles. The summed E-state index contributed by atoms with van der Waals surface area (Å²) in [6.45, 7) is 7.81. The molecule has 9 nitrogen and oxygen atoms in total. The minimum absolute atomic E-state index is 0.143. The molecule has 6 rings (SSSR count). The number of piperidine rings is 1. The number of hydrogen-bond donors (Lipinski definition) is 2. The number of aryl methyl sites for hydroxylation is 1. The van der Waals surface area contributed by atoms with Crippen molar-refractivity contribution < 1.29 is 18.3 Å². The summed E-state index contributed by atoms with van der Waals surface area (Å²) < 4.78 is 39.5. The Kier molecular flexibility index (Phi) is 7.71. The van der Waals surface area contributed by atoms with Crippen molar-refractivity contribution in [1.29, 1.82) is 5.26 Å². The second kappa shape index (κ2) is 11.6. The smallest absolute Gasteiger partial charge is 0.296 e. The Morgan fingerprint density at radius 2 is 1.95 bits per heavy atom. The van der Waals surface area contributed by atoms with Gasteiger partial charge in [0.15, 0.2) is 6.10 Å². The van der Waals surface area contributed by atoms with Gasteiger partial charge in [0, 0.05) is 55.7 Å². The van der Waals surface area contributed by atoms with Crippen molar-refractivity contribution in [3.8, 4) is 23.1 Å². The first-order chi connectivity index (χ1) is 19.9. The number of nitrogens with zero attached hydrogens (tertiary/aromatic N) is 5. The molecule has 1 atom stereocenters. The van der Waals surface area contributed by atoms with Crippen molar-refractivity contribution in [3.05, 3.63) is 59.8 Å². The molecule has 0 aliphatic carbocycles. The second-order valence-electron chi connectivity index (χ2n) is 10.8. The van der Waals surface area contributed by atoms with Crippen LogP contribution in [0, 0.1) is 18.3 Å². The van der Waals surface area contributed by atoms with Crippen molar-refractivity contribution in [2.75, 3.05) is 62.7 Å². The van der Waals surface area contributed by atoms with E-state index in [1.807, 2.05) is 6.07 Å². The standard InChI is InChI=1S/C30H33F2N7O2/c1-20-14-23(38-10-12-39(13-11-38)24-17-40-18-24)3-4-25(20)36-29-35-9-6-26(37-29)21-2-5-27(22(15-21)16-33)41-28-7-8-34-19-30(28,31)32/h2-6,9,14-15,24,28,34H,7-8,10-13,17-19H2,1H3,(H,35,36,37). The highest BCUT2D eigenvalue weighted by Crippen LogP contribution is 2.32. The molecule has 0 radical (unpaired) electrons. The van der Waals surface area contributed by atoms with E-state index in [4.69, 9.17) is 9.47 Å². The van der Waals surface area contributed by atoms with Gasteiger partial charge < -0.3 is 25.0 Å². The van der Waals surface area contributed by atoms with E-state index in [2.05, 4.69) is 55.5 Å². The molecule has 3 aliphatic rings. The maximum atomic E-state index is 14.3. The van der Waals surface area contributed by atoms with Crippen LogP contribution in [0.3, 0.4) is 0 Å². The Bertz CT molecular complexity index is 1430. The van der Waals surface area contributed by atoms with Crippen molar-refractivity contribution >= 4 is 17.3 Å². The van der Waals surface area contributed by atoms with E-state index in [9.17, 15) is 14.0 Å². The predicted octanol–water partition coefficient (Wildman–Crippen LogP) is 3.96. The Morgan fingerprint density at radius 3 is 2.66 bits per heavy atom. The van der Waals surface area contributed by atoms with E-state index >= 15 is 0 Å². The molecule has 0 amide bonds. The van der Waals surface area contributed by atoms with Gasteiger partial charge in [0.2, 0.25) is 5.95 Å². The molecule has 41 heavy (non-hydrogen) atoms. The van der Waals surface area contributed by atoms with Crippen LogP contribution in [0.25, 0.3) is 11.3 Å². The lowest BCUT2D eigenvalue weighted by Gasteiger charge is -2.43. The molecule has 3 fully saturated rings. The Labute approximate surface area is 238 Å². The average Bonchev–Trinajstić information content (AvgIpc) is 2.95. The van der Waals surface area contributed by atoms with Crippen LogP contribution in [-0.4, -0.2) is 85.4 Å². The molecule has 2 N–H and O–H groups in total. The third-order valence-corrected chi connectivity index (χ3v) is 8.01. The molecule has 0 saturated carbocycles. The predicted molar refractivity (Wildman–Crippen MR) is 152 cm³/mol. The molecule has 4 heterocycles. The number of hydrogen-bond acceptors (Lipinski definition) is 9. The van der Waals surface area contributed by atoms with E-state index in [0.29, 0.717) is 29.8 Å². The van der Waals surface area contributed by atoms with Gasteiger partial charge in [-0.25, -0.2) is 18.7 Å². The SMILES string of the molecule is Cc1cc(N2CCN(C3COC3)CC2)ccc1Nc1nccc(-c2ccc(OC3CCNCC3(F)F)c(C#N)c2)n1. The highest BCUT2D eigenvalue weighted by Gasteiger charge is 2.43. The summed E-state index contributed by atoms with van der Waals surface area (Å²) in [5.74, 6) is -2.44. The molecular formula is C30H33F2N7O2. The van der Waals surface area contributed by atoms with Crippen LogP contribution in [0.2, 0.25) is 0 Å². The van der Waals surface area contributed by atoms with E-state index in [0.717, 1.165) is 50.6 Å². The first-order valence-electron chi connectivity index (χ1n) is 14.0. The monoisotopic (exact) mass is 561 g/mol. The lowest BCUT2D eigenvalue weighted by atomic mass is 10.0. The highest BCUT2D eigenvalue weighted by atomic mass is 19.3. The van der Waals surface area contributed by atoms with Crippen LogP contribution < -0.4 is 20.3 Å². The first-order valence-corrected chi connectivity index (χ1v) is 14.0. The van der Waals surface area contributed by atoms with Crippen molar-refractivity contribution in [2.24, 2.45) is 0 Å². The zero-order valence-corrected chi connectivity index (χ0v) is 22.9. The van der Waals surface area contributed by atoms with E-state index in [1.54, 1.807) is 30.5 Å². The number of aromatic nitrogens is 2. The highest BCUT2D eigenvalue weighted by molar-refractivity contribution is 5.68. The van der Waals surface area contributed by atoms with Crippen LogP contribution in [-0.2, 0) is 4.74 Å². The van der Waals surface area contributed by atoms with Gasteiger partial charge in [0.05, 0.1) is 37.1 Å². The average molecular weight is 562 g/mol. The molecular weight excluding hydrogens is 528 g/mol. The Hall–Kier alpha value is -3.85. The summed E-state index contributed by atoms with van der Waals surface area (Å²) in [4.78, 5) is 14.0. The summed E-state index contributed by atoms with van der Waals surface area (Å²) in [5, 5.41) is 15.7. The van der Waals surface area contributed by atoms with Crippen LogP contribution in [0.4, 0.5) is 26.1 Å². The normalized spacial score (nSPS) is 21.1. The zero-order valence-electron chi connectivity index (χ0n) is 22.9. The Morgan fingerprint density at radius 1 is 1.12 bits per heavy atom. The summed E-state index contributed by atoms with van der Waals surface area (Å²) in [7, 11) is 0. The number of ether oxygens (including phenoxy) is 2. The number of halogens is 2. The van der Waals surface area contributed by atoms with E-state index in [1.165, 1.54) is 5.69 Å². The molecule has 0 bridgehead atoms. The quantitative estimate of drug-likeness (QED) is 0.444. The number of rotatable bonds is 7. The van der Waals surface area contributed by atoms with E-state index < -0.39 is 18.6 Å². The number of piperazine rings is 1. The minimum atomic E-state index is -3.01. The summed E-state index contributed by atoms with van der Waals surface area (Å²) in [5.41, 5.74) is 4.62. The number of alkyl halides is 2. The third-order valence-electron chi connectivity index (χ3n) is 8.01. The van der Waals surface area contributed by atoms with Crippen molar-refractivity contribution in [2.45, 2.75) is 31.4 Å². The molecule has 214 valence electrons. The van der Waals surface area contributed by atoms with Crippen molar-refractivity contribution in [3.63, 3.8) is 0 Å². The maximum absolute atomic E-state index is 14.3. The summed E-state index contributed by atoms with van der Waals surface area (Å²) >= 11 is 0. The zero-order chi connectivity index (χ0) is 28.4.